The number of phenolic OH excluding ortho intramolecular Hbond substituents is 1. The van der Waals surface area contributed by atoms with Crippen LogP contribution >= 0.6 is 11.6 Å². The molecule has 0 radical (unpaired) electrons. The summed E-state index contributed by atoms with van der Waals surface area (Å²) in [6.45, 7) is 3.76. The van der Waals surface area contributed by atoms with Crippen LogP contribution < -0.4 is 5.90 Å². The van der Waals surface area contributed by atoms with Crippen LogP contribution in [-0.4, -0.2) is 5.11 Å². The predicted molar refractivity (Wildman–Crippen MR) is 51.6 cm³/mol. The fourth-order valence-corrected chi connectivity index (χ4v) is 1.46. The number of nitrogens with two attached hydrogens (primary N) is 1. The number of aromatic hydroxyl groups is 1. The lowest BCUT2D eigenvalue weighted by Gasteiger charge is -2.11. The van der Waals surface area contributed by atoms with Crippen molar-refractivity contribution in [2.24, 2.45) is 5.90 Å². The molecule has 72 valence electrons. The van der Waals surface area contributed by atoms with Crippen molar-refractivity contribution in [3.8, 4) is 5.75 Å². The molecule has 0 aliphatic rings. The monoisotopic (exact) mass is 201 g/mol. The first kappa shape index (κ1) is 10.3. The van der Waals surface area contributed by atoms with Gasteiger partial charge in [-0.15, -0.1) is 0 Å². The summed E-state index contributed by atoms with van der Waals surface area (Å²) in [4.78, 5) is 4.48. The first-order chi connectivity index (χ1) is 6.07. The van der Waals surface area contributed by atoms with E-state index in [2.05, 4.69) is 4.84 Å². The molecule has 0 amide bonds. The van der Waals surface area contributed by atoms with E-state index in [1.54, 1.807) is 13.0 Å². The van der Waals surface area contributed by atoms with Gasteiger partial charge in [-0.2, -0.15) is 0 Å². The van der Waals surface area contributed by atoms with Gasteiger partial charge in [0, 0.05) is 10.6 Å². The molecule has 1 rings (SSSR count). The van der Waals surface area contributed by atoms with Gasteiger partial charge in [0.2, 0.25) is 0 Å². The average molecular weight is 202 g/mol. The molecule has 0 bridgehead atoms. The zero-order valence-electron chi connectivity index (χ0n) is 7.60. The van der Waals surface area contributed by atoms with Crippen LogP contribution in [0.15, 0.2) is 6.07 Å². The van der Waals surface area contributed by atoms with E-state index in [1.165, 1.54) is 0 Å². The molecular weight excluding hydrogens is 190 g/mol. The zero-order chi connectivity index (χ0) is 10.0. The van der Waals surface area contributed by atoms with E-state index < -0.39 is 0 Å². The molecular formula is C9H12ClNO2. The lowest BCUT2D eigenvalue weighted by atomic mass is 10.0. The topological polar surface area (TPSA) is 55.5 Å². The summed E-state index contributed by atoms with van der Waals surface area (Å²) >= 11 is 5.92. The Bertz CT molecular complexity index is 300. The molecule has 0 aliphatic heterocycles. The highest BCUT2D eigenvalue weighted by atomic mass is 35.5. The molecule has 0 atom stereocenters. The first-order valence-electron chi connectivity index (χ1n) is 3.87. The summed E-state index contributed by atoms with van der Waals surface area (Å²) in [5, 5.41) is 10.3. The van der Waals surface area contributed by atoms with E-state index in [1.807, 2.05) is 6.92 Å². The van der Waals surface area contributed by atoms with Gasteiger partial charge < -0.3 is 5.11 Å². The molecule has 0 saturated carbocycles. The zero-order valence-corrected chi connectivity index (χ0v) is 8.35. The SMILES string of the molecule is Cc1cc(Cl)c(C)c(CON)c1O. The number of phenols is 1. The Morgan fingerprint density at radius 2 is 2.15 bits per heavy atom. The number of benzene rings is 1. The summed E-state index contributed by atoms with van der Waals surface area (Å²) < 4.78 is 0. The molecule has 0 unspecified atom stereocenters. The third-order valence-corrected chi connectivity index (χ3v) is 2.43. The Labute approximate surface area is 82.0 Å². The minimum atomic E-state index is 0.166. The van der Waals surface area contributed by atoms with E-state index >= 15 is 0 Å². The fraction of sp³-hybridized carbons (Fsp3) is 0.333. The number of rotatable bonds is 2. The Balaban J connectivity index is 3.28. The lowest BCUT2D eigenvalue weighted by molar-refractivity contribution is 0.121. The molecule has 0 spiro atoms. The predicted octanol–water partition coefficient (Wildman–Crippen LogP) is 2.05. The van der Waals surface area contributed by atoms with Crippen molar-refractivity contribution in [2.45, 2.75) is 20.5 Å². The Morgan fingerprint density at radius 1 is 1.54 bits per heavy atom. The van der Waals surface area contributed by atoms with Gasteiger partial charge in [-0.3, -0.25) is 4.84 Å². The summed E-state index contributed by atoms with van der Waals surface area (Å²) in [5.41, 5.74) is 2.17. The molecule has 1 aromatic carbocycles. The highest BCUT2D eigenvalue weighted by Crippen LogP contribution is 2.31. The maximum atomic E-state index is 9.64. The van der Waals surface area contributed by atoms with Crippen LogP contribution in [0.3, 0.4) is 0 Å². The Kier molecular flexibility index (Phi) is 3.14. The van der Waals surface area contributed by atoms with Crippen LogP contribution in [-0.2, 0) is 11.4 Å². The van der Waals surface area contributed by atoms with E-state index in [-0.39, 0.29) is 12.4 Å². The molecule has 3 N–H and O–H groups in total. The van der Waals surface area contributed by atoms with Gasteiger partial charge in [0.15, 0.2) is 0 Å². The Hall–Kier alpha value is -0.770. The van der Waals surface area contributed by atoms with Crippen LogP contribution in [0.4, 0.5) is 0 Å². The van der Waals surface area contributed by atoms with Crippen LogP contribution in [0, 0.1) is 13.8 Å². The fourth-order valence-electron chi connectivity index (χ4n) is 1.19. The molecule has 3 nitrogen and oxygen atoms in total. The molecule has 0 heterocycles. The number of halogens is 1. The summed E-state index contributed by atoms with van der Waals surface area (Å²) in [6.07, 6.45) is 0. The van der Waals surface area contributed by atoms with Crippen molar-refractivity contribution in [2.75, 3.05) is 0 Å². The van der Waals surface area contributed by atoms with Crippen molar-refractivity contribution in [1.29, 1.82) is 0 Å². The normalized spacial score (nSPS) is 10.5. The van der Waals surface area contributed by atoms with Gasteiger partial charge in [0.05, 0.1) is 6.61 Å². The van der Waals surface area contributed by atoms with Crippen molar-refractivity contribution < 1.29 is 9.94 Å². The smallest absolute Gasteiger partial charge is 0.124 e. The van der Waals surface area contributed by atoms with E-state index in [0.29, 0.717) is 10.6 Å². The second-order valence-electron chi connectivity index (χ2n) is 2.94. The van der Waals surface area contributed by atoms with Crippen molar-refractivity contribution in [3.05, 3.63) is 27.8 Å². The van der Waals surface area contributed by atoms with Gasteiger partial charge in [0.1, 0.15) is 5.75 Å². The maximum Gasteiger partial charge on any atom is 0.124 e. The quantitative estimate of drug-likeness (QED) is 0.721. The van der Waals surface area contributed by atoms with Crippen LogP contribution in [0.2, 0.25) is 5.02 Å². The third-order valence-electron chi connectivity index (χ3n) is 2.04. The van der Waals surface area contributed by atoms with E-state index in [9.17, 15) is 5.11 Å². The molecule has 13 heavy (non-hydrogen) atoms. The number of hydrogen-bond donors (Lipinski definition) is 2. The highest BCUT2D eigenvalue weighted by Gasteiger charge is 2.11. The summed E-state index contributed by atoms with van der Waals surface area (Å²) in [5.74, 6) is 5.15. The number of aryl methyl sites for hydroxylation is 1. The minimum Gasteiger partial charge on any atom is -0.507 e. The third kappa shape index (κ3) is 1.94. The highest BCUT2D eigenvalue weighted by molar-refractivity contribution is 6.31. The van der Waals surface area contributed by atoms with Crippen LogP contribution in [0.25, 0.3) is 0 Å². The second-order valence-corrected chi connectivity index (χ2v) is 3.35. The second kappa shape index (κ2) is 3.96. The van der Waals surface area contributed by atoms with Gasteiger partial charge >= 0.3 is 0 Å². The van der Waals surface area contributed by atoms with E-state index in [4.69, 9.17) is 17.5 Å². The minimum absolute atomic E-state index is 0.166. The van der Waals surface area contributed by atoms with Crippen molar-refractivity contribution in [3.63, 3.8) is 0 Å². The molecule has 0 fully saturated rings. The first-order valence-corrected chi connectivity index (χ1v) is 4.25. The van der Waals surface area contributed by atoms with Crippen LogP contribution in [0.1, 0.15) is 16.7 Å². The number of hydrogen-bond acceptors (Lipinski definition) is 3. The maximum absolute atomic E-state index is 9.64. The molecule has 4 heteroatoms. The lowest BCUT2D eigenvalue weighted by Crippen LogP contribution is -2.02. The van der Waals surface area contributed by atoms with Gasteiger partial charge in [-0.25, -0.2) is 5.90 Å². The average Bonchev–Trinajstić information content (AvgIpc) is 2.09. The van der Waals surface area contributed by atoms with Crippen molar-refractivity contribution >= 4 is 11.6 Å². The largest absolute Gasteiger partial charge is 0.507 e. The Morgan fingerprint density at radius 3 is 2.69 bits per heavy atom. The van der Waals surface area contributed by atoms with E-state index in [0.717, 1.165) is 11.1 Å². The molecule has 0 aliphatic carbocycles. The van der Waals surface area contributed by atoms with Gasteiger partial charge in [0.25, 0.3) is 0 Å². The van der Waals surface area contributed by atoms with Crippen LogP contribution in [0.5, 0.6) is 5.75 Å². The van der Waals surface area contributed by atoms with Crippen molar-refractivity contribution in [1.82, 2.24) is 0 Å². The van der Waals surface area contributed by atoms with Gasteiger partial charge in [-0.1, -0.05) is 11.6 Å². The molecule has 0 saturated heterocycles. The van der Waals surface area contributed by atoms with Gasteiger partial charge in [-0.05, 0) is 31.0 Å². The molecule has 0 aromatic heterocycles. The molecule has 1 aromatic rings. The summed E-state index contributed by atoms with van der Waals surface area (Å²) in [6, 6.07) is 1.71. The standard InChI is InChI=1S/C9H12ClNO2/c1-5-3-8(10)6(2)7(4-13-11)9(5)12/h3,12H,4,11H2,1-2H3. The summed E-state index contributed by atoms with van der Waals surface area (Å²) in [7, 11) is 0.